The number of halogens is 1. The number of likely N-dealkylation sites (tertiary alicyclic amines) is 1. The van der Waals surface area contributed by atoms with Crippen LogP contribution in [0.4, 0.5) is 16.0 Å². The molecule has 2 aromatic heterocycles. The van der Waals surface area contributed by atoms with Crippen LogP contribution >= 0.6 is 0 Å². The van der Waals surface area contributed by atoms with Gasteiger partial charge in [-0.25, -0.2) is 14.4 Å². The molecule has 0 radical (unpaired) electrons. The molecule has 46 heavy (non-hydrogen) atoms. The van der Waals surface area contributed by atoms with Gasteiger partial charge in [0.1, 0.15) is 18.2 Å². The fraction of sp³-hybridized carbons (Fsp3) is 0.515. The summed E-state index contributed by atoms with van der Waals surface area (Å²) in [5, 5.41) is 17.1. The Morgan fingerprint density at radius 1 is 1.13 bits per heavy atom. The van der Waals surface area contributed by atoms with Gasteiger partial charge in [0.15, 0.2) is 23.7 Å². The Labute approximate surface area is 267 Å². The van der Waals surface area contributed by atoms with E-state index in [-0.39, 0.29) is 36.8 Å². The zero-order chi connectivity index (χ0) is 32.2. The molecule has 1 atom stereocenters. The highest BCUT2D eigenvalue weighted by Gasteiger charge is 2.29. The van der Waals surface area contributed by atoms with Crippen molar-refractivity contribution in [3.63, 3.8) is 0 Å². The Morgan fingerprint density at radius 2 is 1.93 bits per heavy atom. The molecule has 0 spiro atoms. The van der Waals surface area contributed by atoms with Crippen molar-refractivity contribution in [3.8, 4) is 5.75 Å². The zero-order valence-electron chi connectivity index (χ0n) is 26.4. The molecule has 13 heteroatoms. The van der Waals surface area contributed by atoms with Gasteiger partial charge in [0.05, 0.1) is 17.8 Å². The summed E-state index contributed by atoms with van der Waals surface area (Å²) >= 11 is 0. The number of aryl methyl sites for hydroxylation is 1. The Kier molecular flexibility index (Phi) is 9.69. The topological polar surface area (TPSA) is 136 Å². The number of fused-ring (bicyclic) bond motifs is 1. The van der Waals surface area contributed by atoms with Crippen molar-refractivity contribution in [3.05, 3.63) is 64.6 Å². The van der Waals surface area contributed by atoms with E-state index in [1.807, 2.05) is 6.07 Å². The first-order valence-electron chi connectivity index (χ1n) is 16.0. The monoisotopic (exact) mass is 635 g/mol. The van der Waals surface area contributed by atoms with E-state index in [1.54, 1.807) is 30.9 Å². The molecule has 1 aromatic carbocycles. The number of aromatic nitrogens is 2. The van der Waals surface area contributed by atoms with Crippen LogP contribution in [0.3, 0.4) is 0 Å². The van der Waals surface area contributed by atoms with Crippen LogP contribution in [0, 0.1) is 12.7 Å². The molecule has 2 fully saturated rings. The highest BCUT2D eigenvalue weighted by atomic mass is 19.1. The first-order valence-corrected chi connectivity index (χ1v) is 16.0. The Morgan fingerprint density at radius 3 is 2.67 bits per heavy atom. The molecule has 6 rings (SSSR count). The van der Waals surface area contributed by atoms with Crippen molar-refractivity contribution < 1.29 is 28.2 Å². The summed E-state index contributed by atoms with van der Waals surface area (Å²) in [7, 11) is 0. The van der Waals surface area contributed by atoms with Crippen molar-refractivity contribution in [1.29, 1.82) is 0 Å². The maximum Gasteiger partial charge on any atom is 0.251 e. The number of piperidine rings is 1. The summed E-state index contributed by atoms with van der Waals surface area (Å²) < 4.78 is 25.8. The fourth-order valence-corrected chi connectivity index (χ4v) is 6.21. The largest absolute Gasteiger partial charge is 0.482 e. The molecule has 12 nitrogen and oxygen atoms in total. The minimum absolute atomic E-state index is 0.0431. The van der Waals surface area contributed by atoms with Crippen LogP contribution in [0.1, 0.15) is 59.1 Å². The lowest BCUT2D eigenvalue weighted by atomic mass is 9.99. The fourth-order valence-electron chi connectivity index (χ4n) is 6.21. The molecule has 0 bridgehead atoms. The number of ether oxygens (including phenoxy) is 1. The van der Waals surface area contributed by atoms with E-state index in [0.717, 1.165) is 42.9 Å². The van der Waals surface area contributed by atoms with Crippen molar-refractivity contribution in [2.24, 2.45) is 0 Å². The number of β-amino-alcohol motifs (C(OH)–C–C–N with tert-alkyl or cyclic N) is 1. The van der Waals surface area contributed by atoms with Crippen LogP contribution < -0.4 is 20.3 Å². The number of pyridine rings is 1. The maximum atomic E-state index is 14.9. The number of aliphatic hydroxyl groups excluding tert-OH is 1. The quantitative estimate of drug-likeness (QED) is 0.289. The van der Waals surface area contributed by atoms with Gasteiger partial charge in [0.25, 0.3) is 5.91 Å². The zero-order valence-corrected chi connectivity index (χ0v) is 26.4. The third kappa shape index (κ3) is 7.59. The molecule has 0 aliphatic carbocycles. The number of nitrogens with zero attached hydrogens (tertiary/aromatic N) is 5. The number of aliphatic hydroxyl groups is 1. The number of benzene rings is 1. The molecule has 246 valence electrons. The summed E-state index contributed by atoms with van der Waals surface area (Å²) in [6, 6.07) is 6.85. The smallest absolute Gasteiger partial charge is 0.251 e. The average Bonchev–Trinajstić information content (AvgIpc) is 3.44. The van der Waals surface area contributed by atoms with E-state index in [2.05, 4.69) is 25.4 Å². The van der Waals surface area contributed by atoms with Gasteiger partial charge >= 0.3 is 0 Å². The van der Waals surface area contributed by atoms with Gasteiger partial charge in [-0.1, -0.05) is 0 Å². The number of oxazole rings is 1. The molecule has 5 heterocycles. The van der Waals surface area contributed by atoms with Crippen LogP contribution in [0.25, 0.3) is 0 Å². The predicted molar refractivity (Wildman–Crippen MR) is 169 cm³/mol. The van der Waals surface area contributed by atoms with Gasteiger partial charge in [-0.05, 0) is 68.0 Å². The summed E-state index contributed by atoms with van der Waals surface area (Å²) in [5.74, 6) is 1.39. The summed E-state index contributed by atoms with van der Waals surface area (Å²) in [5.41, 5.74) is 3.03. The second kappa shape index (κ2) is 14.0. The van der Waals surface area contributed by atoms with Crippen LogP contribution in [0.15, 0.2) is 35.1 Å². The van der Waals surface area contributed by atoms with Gasteiger partial charge in [0.2, 0.25) is 5.91 Å². The molecule has 3 N–H and O–H groups in total. The van der Waals surface area contributed by atoms with Crippen LogP contribution in [0.5, 0.6) is 5.75 Å². The van der Waals surface area contributed by atoms with Crippen LogP contribution in [-0.4, -0.2) is 94.6 Å². The van der Waals surface area contributed by atoms with Crippen LogP contribution in [-0.2, 0) is 24.4 Å². The highest BCUT2D eigenvalue weighted by molar-refractivity contribution is 5.95. The van der Waals surface area contributed by atoms with Gasteiger partial charge in [-0.15, -0.1) is 0 Å². The number of hydrogen-bond donors (Lipinski definition) is 3. The molecule has 3 aromatic rings. The van der Waals surface area contributed by atoms with E-state index in [1.165, 1.54) is 18.9 Å². The van der Waals surface area contributed by atoms with Gasteiger partial charge in [0, 0.05) is 64.8 Å². The Hall–Kier alpha value is -4.23. The van der Waals surface area contributed by atoms with Crippen molar-refractivity contribution in [1.82, 2.24) is 25.1 Å². The number of amides is 2. The molecule has 2 amide bonds. The summed E-state index contributed by atoms with van der Waals surface area (Å²) in [6.07, 6.45) is 4.55. The van der Waals surface area contributed by atoms with E-state index in [4.69, 9.17) is 14.1 Å². The van der Waals surface area contributed by atoms with Gasteiger partial charge < -0.3 is 34.7 Å². The molecular weight excluding hydrogens is 593 g/mol. The minimum Gasteiger partial charge on any atom is -0.482 e. The average molecular weight is 636 g/mol. The number of nitrogens with one attached hydrogen (secondary N) is 2. The second-order valence-electron chi connectivity index (χ2n) is 12.5. The van der Waals surface area contributed by atoms with Crippen LogP contribution in [0.2, 0.25) is 0 Å². The normalized spacial score (nSPS) is 17.7. The van der Waals surface area contributed by atoms with Crippen molar-refractivity contribution in [2.45, 2.75) is 64.8 Å². The standard InChI is InChI=1S/C33H42FN7O5/c1-21-30(46-20-36-21)19-45-29-11-23-6-9-39(15-25(23)10-28(29)34)18-27(43)14-35-33(44)24-12-31(37-26-16-41(17-26)22(2)42)38-32(13-24)40-7-4-3-5-8-40/h10-13,20,26-27,43H,3-9,14-19H2,1-2H3,(H,35,44)(H,37,38). The lowest BCUT2D eigenvalue weighted by molar-refractivity contribution is -0.132. The first kappa shape index (κ1) is 31.7. The van der Waals surface area contributed by atoms with Crippen molar-refractivity contribution >= 4 is 23.5 Å². The van der Waals surface area contributed by atoms with Crippen molar-refractivity contribution in [2.75, 3.05) is 56.0 Å². The Balaban J connectivity index is 1.03. The maximum absolute atomic E-state index is 14.9. The summed E-state index contributed by atoms with van der Waals surface area (Å²) in [4.78, 5) is 39.7. The third-order valence-corrected chi connectivity index (χ3v) is 8.95. The second-order valence-corrected chi connectivity index (χ2v) is 12.5. The first-order chi connectivity index (χ1) is 22.2. The molecular formula is C33H42FN7O5. The lowest BCUT2D eigenvalue weighted by Crippen LogP contribution is -2.56. The number of anilines is 2. The molecule has 0 saturated carbocycles. The lowest BCUT2D eigenvalue weighted by Gasteiger charge is -2.39. The third-order valence-electron chi connectivity index (χ3n) is 8.95. The van der Waals surface area contributed by atoms with E-state index >= 15 is 0 Å². The number of carbonyl (C=O) groups excluding carboxylic acids is 2. The Bertz CT molecular complexity index is 1550. The summed E-state index contributed by atoms with van der Waals surface area (Å²) in [6.45, 7) is 8.02. The number of carbonyl (C=O) groups is 2. The SMILES string of the molecule is CC(=O)N1CC(Nc2cc(C(=O)NCC(O)CN3CCc4cc(OCc5ocnc5C)c(F)cc4C3)cc(N3CCCCC3)n2)C1. The number of hydrogen-bond acceptors (Lipinski definition) is 10. The van der Waals surface area contributed by atoms with Gasteiger partial charge in [-0.2, -0.15) is 0 Å². The minimum atomic E-state index is -0.809. The van der Waals surface area contributed by atoms with E-state index in [9.17, 15) is 19.1 Å². The predicted octanol–water partition coefficient (Wildman–Crippen LogP) is 2.88. The highest BCUT2D eigenvalue weighted by Crippen LogP contribution is 2.28. The van der Waals surface area contributed by atoms with E-state index < -0.39 is 11.9 Å². The van der Waals surface area contributed by atoms with Gasteiger partial charge in [-0.3, -0.25) is 14.5 Å². The molecule has 3 aliphatic rings. The molecule has 1 unspecified atom stereocenters. The molecule has 3 aliphatic heterocycles. The number of rotatable bonds is 11. The van der Waals surface area contributed by atoms with E-state index in [0.29, 0.717) is 62.0 Å². The molecule has 2 saturated heterocycles.